The molecule has 0 aromatic carbocycles. The van der Waals surface area contributed by atoms with E-state index in [9.17, 15) is 4.79 Å². The van der Waals surface area contributed by atoms with E-state index in [0.717, 1.165) is 6.54 Å². The Kier molecular flexibility index (Phi) is 3.95. The van der Waals surface area contributed by atoms with Gasteiger partial charge < -0.3 is 10.4 Å². The molecule has 0 aliphatic rings. The number of hydrogen-bond donors (Lipinski definition) is 3. The maximum Gasteiger partial charge on any atom is 0.353 e. The number of aliphatic carboxylic acids is 1. The van der Waals surface area contributed by atoms with Gasteiger partial charge in [0.15, 0.2) is 0 Å². The van der Waals surface area contributed by atoms with E-state index in [-0.39, 0.29) is 0 Å². The predicted octanol–water partition coefficient (Wildman–Crippen LogP) is 0.214. The standard InChI is InChI=1S/C6H10N2O2/c1-2-8-4-3-5(7)6(9)10/h3-4,7-8H,2H2,1H3,(H,9,10)/b4-3-,7-5?. The number of carbonyl (C=O) groups is 1. The van der Waals surface area contributed by atoms with Crippen molar-refractivity contribution in [1.29, 1.82) is 5.41 Å². The Morgan fingerprint density at radius 3 is 2.80 bits per heavy atom. The van der Waals surface area contributed by atoms with Crippen molar-refractivity contribution in [3.05, 3.63) is 12.3 Å². The average molecular weight is 142 g/mol. The molecule has 0 bridgehead atoms. The van der Waals surface area contributed by atoms with E-state index in [1.807, 2.05) is 6.92 Å². The van der Waals surface area contributed by atoms with Gasteiger partial charge in [-0.15, -0.1) is 0 Å². The molecule has 0 aliphatic heterocycles. The van der Waals surface area contributed by atoms with Gasteiger partial charge in [-0.3, -0.25) is 5.41 Å². The molecule has 4 heteroatoms. The molecule has 0 spiro atoms. The summed E-state index contributed by atoms with van der Waals surface area (Å²) in [4.78, 5) is 9.99. The molecule has 0 saturated carbocycles. The zero-order valence-corrected chi connectivity index (χ0v) is 5.72. The van der Waals surface area contributed by atoms with Crippen LogP contribution < -0.4 is 5.32 Å². The van der Waals surface area contributed by atoms with Crippen molar-refractivity contribution in [3.8, 4) is 0 Å². The summed E-state index contributed by atoms with van der Waals surface area (Å²) in [5, 5.41) is 17.7. The summed E-state index contributed by atoms with van der Waals surface area (Å²) in [6.07, 6.45) is 2.64. The van der Waals surface area contributed by atoms with Crippen LogP contribution in [0.4, 0.5) is 0 Å². The van der Waals surface area contributed by atoms with Gasteiger partial charge in [0.2, 0.25) is 0 Å². The van der Waals surface area contributed by atoms with Gasteiger partial charge in [0.05, 0.1) is 0 Å². The maximum atomic E-state index is 9.99. The number of rotatable bonds is 4. The first-order valence-electron chi connectivity index (χ1n) is 2.90. The van der Waals surface area contributed by atoms with Crippen LogP contribution in [-0.4, -0.2) is 23.3 Å². The molecule has 0 atom stereocenters. The van der Waals surface area contributed by atoms with E-state index in [1.165, 1.54) is 12.3 Å². The van der Waals surface area contributed by atoms with Crippen LogP contribution in [0, 0.1) is 5.41 Å². The third kappa shape index (κ3) is 3.65. The van der Waals surface area contributed by atoms with Crippen molar-refractivity contribution in [3.63, 3.8) is 0 Å². The highest BCUT2D eigenvalue weighted by Crippen LogP contribution is 1.75. The Balaban J connectivity index is 3.67. The van der Waals surface area contributed by atoms with Crippen LogP contribution in [0.2, 0.25) is 0 Å². The first kappa shape index (κ1) is 8.68. The third-order valence-corrected chi connectivity index (χ3v) is 0.802. The van der Waals surface area contributed by atoms with Crippen LogP contribution in [0.25, 0.3) is 0 Å². The molecule has 4 nitrogen and oxygen atoms in total. The maximum absolute atomic E-state index is 9.99. The zero-order valence-electron chi connectivity index (χ0n) is 5.72. The third-order valence-electron chi connectivity index (χ3n) is 0.802. The van der Waals surface area contributed by atoms with Crippen molar-refractivity contribution >= 4 is 11.7 Å². The van der Waals surface area contributed by atoms with Crippen LogP contribution >= 0.6 is 0 Å². The second-order valence-corrected chi connectivity index (χ2v) is 1.61. The molecule has 0 amide bonds. The van der Waals surface area contributed by atoms with E-state index in [0.29, 0.717) is 0 Å². The number of carboxylic acid groups (broad SMARTS) is 1. The molecule has 3 N–H and O–H groups in total. The van der Waals surface area contributed by atoms with Gasteiger partial charge in [-0.25, -0.2) is 4.79 Å². The van der Waals surface area contributed by atoms with Crippen molar-refractivity contribution in [2.24, 2.45) is 0 Å². The Morgan fingerprint density at radius 2 is 2.40 bits per heavy atom. The highest BCUT2D eigenvalue weighted by molar-refractivity contribution is 6.38. The number of nitrogens with one attached hydrogen (secondary N) is 2. The molecular weight excluding hydrogens is 132 g/mol. The molecule has 0 radical (unpaired) electrons. The fraction of sp³-hybridized carbons (Fsp3) is 0.333. The topological polar surface area (TPSA) is 73.2 Å². The Morgan fingerprint density at radius 1 is 1.80 bits per heavy atom. The summed E-state index contributed by atoms with van der Waals surface area (Å²) in [5.74, 6) is -1.21. The summed E-state index contributed by atoms with van der Waals surface area (Å²) in [7, 11) is 0. The molecule has 0 unspecified atom stereocenters. The van der Waals surface area contributed by atoms with Gasteiger partial charge >= 0.3 is 5.97 Å². The van der Waals surface area contributed by atoms with Crippen molar-refractivity contribution < 1.29 is 9.90 Å². The number of carboxylic acids is 1. The van der Waals surface area contributed by atoms with E-state index < -0.39 is 11.7 Å². The predicted molar refractivity (Wildman–Crippen MR) is 38.2 cm³/mol. The largest absolute Gasteiger partial charge is 0.477 e. The Bertz CT molecular complexity index is 163. The molecule has 0 aliphatic carbocycles. The molecule has 0 rings (SSSR count). The highest BCUT2D eigenvalue weighted by atomic mass is 16.4. The fourth-order valence-electron chi connectivity index (χ4n) is 0.331. The van der Waals surface area contributed by atoms with Gasteiger partial charge in [0.25, 0.3) is 0 Å². The van der Waals surface area contributed by atoms with Gasteiger partial charge in [-0.2, -0.15) is 0 Å². The molecule has 56 valence electrons. The fourth-order valence-corrected chi connectivity index (χ4v) is 0.331. The minimum absolute atomic E-state index is 0.416. The first-order valence-corrected chi connectivity index (χ1v) is 2.90. The molecule has 0 heterocycles. The van der Waals surface area contributed by atoms with Crippen LogP contribution in [0.15, 0.2) is 12.3 Å². The molecule has 0 fully saturated rings. The summed E-state index contributed by atoms with van der Waals surface area (Å²) >= 11 is 0. The van der Waals surface area contributed by atoms with Crippen molar-refractivity contribution in [2.45, 2.75) is 6.92 Å². The van der Waals surface area contributed by atoms with Gasteiger partial charge in [0.1, 0.15) is 5.71 Å². The zero-order chi connectivity index (χ0) is 7.98. The minimum atomic E-state index is -1.21. The lowest BCUT2D eigenvalue weighted by Gasteiger charge is -1.90. The molecule has 10 heavy (non-hydrogen) atoms. The van der Waals surface area contributed by atoms with Crippen molar-refractivity contribution in [2.75, 3.05) is 6.54 Å². The van der Waals surface area contributed by atoms with Gasteiger partial charge in [-0.1, -0.05) is 0 Å². The van der Waals surface area contributed by atoms with Gasteiger partial charge in [-0.05, 0) is 19.2 Å². The van der Waals surface area contributed by atoms with Crippen molar-refractivity contribution in [1.82, 2.24) is 5.32 Å². The molecule has 0 aromatic rings. The van der Waals surface area contributed by atoms with E-state index in [1.54, 1.807) is 0 Å². The van der Waals surface area contributed by atoms with Crippen LogP contribution in [0.5, 0.6) is 0 Å². The van der Waals surface area contributed by atoms with E-state index in [4.69, 9.17) is 10.5 Å². The monoisotopic (exact) mass is 142 g/mol. The normalized spacial score (nSPS) is 9.70. The van der Waals surface area contributed by atoms with Crippen LogP contribution in [-0.2, 0) is 4.79 Å². The minimum Gasteiger partial charge on any atom is -0.477 e. The SMILES string of the molecule is CCN/C=C\C(=N)C(=O)O. The molecule has 0 aromatic heterocycles. The first-order chi connectivity index (χ1) is 4.68. The summed E-state index contributed by atoms with van der Waals surface area (Å²) in [6.45, 7) is 2.61. The van der Waals surface area contributed by atoms with E-state index >= 15 is 0 Å². The lowest BCUT2D eigenvalue weighted by atomic mass is 10.4. The smallest absolute Gasteiger partial charge is 0.353 e. The lowest BCUT2D eigenvalue weighted by molar-refractivity contribution is -0.129. The molecule has 0 saturated heterocycles. The lowest BCUT2D eigenvalue weighted by Crippen LogP contribution is -2.10. The number of hydrogen-bond acceptors (Lipinski definition) is 3. The van der Waals surface area contributed by atoms with E-state index in [2.05, 4.69) is 5.32 Å². The summed E-state index contributed by atoms with van der Waals surface area (Å²) < 4.78 is 0. The highest BCUT2D eigenvalue weighted by Gasteiger charge is 1.98. The Hall–Kier alpha value is -1.32. The van der Waals surface area contributed by atoms with Gasteiger partial charge in [0, 0.05) is 6.54 Å². The van der Waals surface area contributed by atoms with Crippen LogP contribution in [0.1, 0.15) is 6.92 Å². The molecular formula is C6H10N2O2. The second kappa shape index (κ2) is 4.55. The summed E-state index contributed by atoms with van der Waals surface area (Å²) in [6, 6.07) is 0. The second-order valence-electron chi connectivity index (χ2n) is 1.61. The quantitative estimate of drug-likeness (QED) is 0.491. The Labute approximate surface area is 59.1 Å². The van der Waals surface area contributed by atoms with Crippen LogP contribution in [0.3, 0.4) is 0 Å². The average Bonchev–Trinajstić information content (AvgIpc) is 1.88. The summed E-state index contributed by atoms with van der Waals surface area (Å²) in [5.41, 5.74) is -0.416.